The molecule has 0 saturated heterocycles. The lowest BCUT2D eigenvalue weighted by Gasteiger charge is -2.15. The molecule has 1 unspecified atom stereocenters. The van der Waals surface area contributed by atoms with Crippen LogP contribution in [0, 0.1) is 6.92 Å². The predicted molar refractivity (Wildman–Crippen MR) is 108 cm³/mol. The highest BCUT2D eigenvalue weighted by atomic mass is 16.5. The molecule has 0 aromatic heterocycles. The summed E-state index contributed by atoms with van der Waals surface area (Å²) in [6.45, 7) is 1.79. The fourth-order valence-corrected chi connectivity index (χ4v) is 3.02. The number of rotatable bonds is 5. The number of nitrogens with one attached hydrogen (secondary N) is 2. The first kappa shape index (κ1) is 19.4. The summed E-state index contributed by atoms with van der Waals surface area (Å²) < 4.78 is 5.19. The first-order valence-corrected chi connectivity index (χ1v) is 8.89. The van der Waals surface area contributed by atoms with E-state index in [0.717, 1.165) is 16.3 Å². The molecule has 0 radical (unpaired) electrons. The third-order valence-corrected chi connectivity index (χ3v) is 4.45. The molecule has 0 spiro atoms. The molecule has 3 rings (SSSR count). The van der Waals surface area contributed by atoms with Gasteiger partial charge in [-0.25, -0.2) is 0 Å². The highest BCUT2D eigenvalue weighted by Crippen LogP contribution is 2.25. The summed E-state index contributed by atoms with van der Waals surface area (Å²) in [5.41, 5.74) is 2.03. The number of benzene rings is 3. The van der Waals surface area contributed by atoms with Crippen molar-refractivity contribution in [2.24, 2.45) is 0 Å². The maximum absolute atomic E-state index is 12.2. The quantitative estimate of drug-likeness (QED) is 0.596. The van der Waals surface area contributed by atoms with Gasteiger partial charge in [-0.2, -0.15) is 0 Å². The van der Waals surface area contributed by atoms with Gasteiger partial charge in [0.05, 0.1) is 18.9 Å². The fourth-order valence-electron chi connectivity index (χ4n) is 3.02. The second-order valence-corrected chi connectivity index (χ2v) is 6.45. The van der Waals surface area contributed by atoms with Gasteiger partial charge in [-0.3, -0.25) is 9.59 Å². The number of anilines is 1. The fraction of sp³-hybridized carbons (Fsp3) is 0.182. The van der Waals surface area contributed by atoms with E-state index in [4.69, 9.17) is 4.74 Å². The standard InChI is InChI=1S/C22H22N2O4/c1-14-10-11-20(28-2)18(12-14)24-22(27)21(26)23-13-19(25)17-9-5-7-15-6-3-4-8-16(15)17/h3-12,19,25H,13H2,1-2H3,(H,23,26)(H,24,27). The molecule has 0 aliphatic carbocycles. The van der Waals surface area contributed by atoms with E-state index in [0.29, 0.717) is 17.0 Å². The summed E-state index contributed by atoms with van der Waals surface area (Å²) in [6, 6.07) is 18.5. The van der Waals surface area contributed by atoms with Gasteiger partial charge in [-0.1, -0.05) is 48.5 Å². The van der Waals surface area contributed by atoms with Gasteiger partial charge in [-0.15, -0.1) is 0 Å². The first-order chi connectivity index (χ1) is 13.5. The van der Waals surface area contributed by atoms with Crippen molar-refractivity contribution < 1.29 is 19.4 Å². The third-order valence-electron chi connectivity index (χ3n) is 4.45. The van der Waals surface area contributed by atoms with E-state index < -0.39 is 17.9 Å². The molecule has 0 heterocycles. The van der Waals surface area contributed by atoms with Gasteiger partial charge in [-0.05, 0) is 41.0 Å². The van der Waals surface area contributed by atoms with Gasteiger partial charge in [0, 0.05) is 6.54 Å². The summed E-state index contributed by atoms with van der Waals surface area (Å²) in [5, 5.41) is 17.4. The van der Waals surface area contributed by atoms with E-state index in [1.54, 1.807) is 18.2 Å². The minimum absolute atomic E-state index is 0.0782. The highest BCUT2D eigenvalue weighted by Gasteiger charge is 2.18. The maximum atomic E-state index is 12.2. The van der Waals surface area contributed by atoms with Crippen LogP contribution in [0.3, 0.4) is 0 Å². The summed E-state index contributed by atoms with van der Waals surface area (Å²) in [7, 11) is 1.49. The molecule has 6 nitrogen and oxygen atoms in total. The lowest BCUT2D eigenvalue weighted by molar-refractivity contribution is -0.136. The SMILES string of the molecule is COc1ccc(C)cc1NC(=O)C(=O)NCC(O)c1cccc2ccccc12. The summed E-state index contributed by atoms with van der Waals surface area (Å²) in [4.78, 5) is 24.3. The zero-order chi connectivity index (χ0) is 20.1. The van der Waals surface area contributed by atoms with Crippen LogP contribution in [0.2, 0.25) is 0 Å². The lowest BCUT2D eigenvalue weighted by Crippen LogP contribution is -2.37. The van der Waals surface area contributed by atoms with Gasteiger partial charge in [0.1, 0.15) is 5.75 Å². The van der Waals surface area contributed by atoms with Crippen LogP contribution in [-0.2, 0) is 9.59 Å². The summed E-state index contributed by atoms with van der Waals surface area (Å²) in [5.74, 6) is -1.19. The molecule has 28 heavy (non-hydrogen) atoms. The minimum Gasteiger partial charge on any atom is -0.495 e. The van der Waals surface area contributed by atoms with Crippen molar-refractivity contribution in [1.29, 1.82) is 0 Å². The Morgan fingerprint density at radius 2 is 1.79 bits per heavy atom. The van der Waals surface area contributed by atoms with Crippen LogP contribution in [0.4, 0.5) is 5.69 Å². The number of fused-ring (bicyclic) bond motifs is 1. The number of carbonyl (C=O) groups excluding carboxylic acids is 2. The van der Waals surface area contributed by atoms with E-state index in [9.17, 15) is 14.7 Å². The number of aliphatic hydroxyl groups excluding tert-OH is 1. The van der Waals surface area contributed by atoms with Crippen LogP contribution in [0.1, 0.15) is 17.2 Å². The molecule has 0 saturated carbocycles. The number of hydrogen-bond donors (Lipinski definition) is 3. The van der Waals surface area contributed by atoms with Crippen LogP contribution < -0.4 is 15.4 Å². The Labute approximate surface area is 163 Å². The molecular formula is C22H22N2O4. The van der Waals surface area contributed by atoms with Crippen molar-refractivity contribution in [2.45, 2.75) is 13.0 Å². The topological polar surface area (TPSA) is 87.7 Å². The largest absolute Gasteiger partial charge is 0.495 e. The Morgan fingerprint density at radius 3 is 2.57 bits per heavy atom. The molecule has 3 aromatic carbocycles. The number of aryl methyl sites for hydroxylation is 1. The van der Waals surface area contributed by atoms with E-state index in [2.05, 4.69) is 10.6 Å². The number of methoxy groups -OCH3 is 1. The van der Waals surface area contributed by atoms with Gasteiger partial charge >= 0.3 is 11.8 Å². The molecule has 144 valence electrons. The van der Waals surface area contributed by atoms with Crippen LogP contribution in [0.15, 0.2) is 60.7 Å². The number of carbonyl (C=O) groups is 2. The molecular weight excluding hydrogens is 356 g/mol. The van der Waals surface area contributed by atoms with Gasteiger partial charge in [0.25, 0.3) is 0 Å². The molecule has 0 fully saturated rings. The number of aliphatic hydroxyl groups is 1. The Kier molecular flexibility index (Phi) is 5.91. The van der Waals surface area contributed by atoms with Gasteiger partial charge < -0.3 is 20.5 Å². The van der Waals surface area contributed by atoms with Gasteiger partial charge in [0.2, 0.25) is 0 Å². The third kappa shape index (κ3) is 4.29. The summed E-state index contributed by atoms with van der Waals surface area (Å²) in [6.07, 6.45) is -0.934. The average molecular weight is 378 g/mol. The Hall–Kier alpha value is -3.38. The van der Waals surface area contributed by atoms with E-state index >= 15 is 0 Å². The molecule has 3 aromatic rings. The smallest absolute Gasteiger partial charge is 0.313 e. The maximum Gasteiger partial charge on any atom is 0.313 e. The second-order valence-electron chi connectivity index (χ2n) is 6.45. The van der Waals surface area contributed by atoms with E-state index in [1.807, 2.05) is 49.4 Å². The predicted octanol–water partition coefficient (Wildman–Crippen LogP) is 2.95. The van der Waals surface area contributed by atoms with E-state index in [-0.39, 0.29) is 6.54 Å². The van der Waals surface area contributed by atoms with Crippen LogP contribution >= 0.6 is 0 Å². The van der Waals surface area contributed by atoms with Crippen LogP contribution in [0.5, 0.6) is 5.75 Å². The van der Waals surface area contributed by atoms with Crippen LogP contribution in [0.25, 0.3) is 10.8 Å². The lowest BCUT2D eigenvalue weighted by atomic mass is 10.0. The first-order valence-electron chi connectivity index (χ1n) is 8.89. The van der Waals surface area contributed by atoms with Crippen molar-refractivity contribution in [3.8, 4) is 5.75 Å². The number of hydrogen-bond acceptors (Lipinski definition) is 4. The zero-order valence-corrected chi connectivity index (χ0v) is 15.7. The molecule has 3 N–H and O–H groups in total. The summed E-state index contributed by atoms with van der Waals surface area (Å²) >= 11 is 0. The molecule has 6 heteroatoms. The average Bonchev–Trinajstić information content (AvgIpc) is 2.71. The monoisotopic (exact) mass is 378 g/mol. The van der Waals surface area contributed by atoms with Crippen molar-refractivity contribution in [1.82, 2.24) is 5.32 Å². The molecule has 0 aliphatic rings. The van der Waals surface area contributed by atoms with E-state index in [1.165, 1.54) is 7.11 Å². The van der Waals surface area contributed by atoms with Crippen molar-refractivity contribution in [3.05, 3.63) is 71.8 Å². The Balaban J connectivity index is 1.65. The number of ether oxygens (including phenoxy) is 1. The molecule has 0 bridgehead atoms. The van der Waals surface area contributed by atoms with Crippen molar-refractivity contribution in [2.75, 3.05) is 19.0 Å². The molecule has 0 aliphatic heterocycles. The Bertz CT molecular complexity index is 1010. The zero-order valence-electron chi connectivity index (χ0n) is 15.7. The van der Waals surface area contributed by atoms with Crippen molar-refractivity contribution >= 4 is 28.3 Å². The minimum atomic E-state index is -0.934. The molecule has 2 amide bonds. The van der Waals surface area contributed by atoms with Crippen molar-refractivity contribution in [3.63, 3.8) is 0 Å². The normalized spacial score (nSPS) is 11.7. The van der Waals surface area contributed by atoms with Crippen LogP contribution in [-0.4, -0.2) is 30.6 Å². The Morgan fingerprint density at radius 1 is 1.04 bits per heavy atom. The number of amides is 2. The van der Waals surface area contributed by atoms with Gasteiger partial charge in [0.15, 0.2) is 0 Å². The second kappa shape index (κ2) is 8.54. The highest BCUT2D eigenvalue weighted by molar-refractivity contribution is 6.39. The molecule has 1 atom stereocenters.